The zero-order valence-electron chi connectivity index (χ0n) is 18.5. The molecule has 0 radical (unpaired) electrons. The largest absolute Gasteiger partial charge is 0.466 e. The van der Waals surface area contributed by atoms with E-state index in [4.69, 9.17) is 4.74 Å². The van der Waals surface area contributed by atoms with Crippen molar-refractivity contribution >= 4 is 17.5 Å². The quantitative estimate of drug-likeness (QED) is 0.545. The molecule has 1 fully saturated rings. The molecule has 3 heterocycles. The number of imidazole rings is 1. The topological polar surface area (TPSA) is 63.9 Å². The summed E-state index contributed by atoms with van der Waals surface area (Å²) in [7, 11) is 0. The molecule has 168 valence electrons. The molecule has 3 aromatic rings. The van der Waals surface area contributed by atoms with Crippen molar-refractivity contribution in [3.05, 3.63) is 71.4 Å². The van der Waals surface area contributed by atoms with Gasteiger partial charge in [0.2, 0.25) is 5.91 Å². The molecule has 0 N–H and O–H groups in total. The van der Waals surface area contributed by atoms with E-state index in [9.17, 15) is 14.0 Å². The number of piperidine rings is 1. The Morgan fingerprint density at radius 2 is 2.00 bits per heavy atom. The van der Waals surface area contributed by atoms with Crippen molar-refractivity contribution in [3.8, 4) is 0 Å². The Labute approximate surface area is 187 Å². The van der Waals surface area contributed by atoms with Crippen molar-refractivity contribution < 1.29 is 18.7 Å². The third-order valence-electron chi connectivity index (χ3n) is 6.15. The molecule has 1 aliphatic heterocycles. The SMILES string of the molecule is CCOC(=O)C1CCN(C(=O)CC(c2cccc(F)c2)c2cnc3cc(C)ccn23)CC1. The molecule has 1 saturated heterocycles. The van der Waals surface area contributed by atoms with Crippen LogP contribution in [0, 0.1) is 18.7 Å². The summed E-state index contributed by atoms with van der Waals surface area (Å²) in [6, 6.07) is 10.4. The molecule has 4 rings (SSSR count). The summed E-state index contributed by atoms with van der Waals surface area (Å²) in [5, 5.41) is 0. The highest BCUT2D eigenvalue weighted by molar-refractivity contribution is 5.78. The second kappa shape index (κ2) is 9.51. The lowest BCUT2D eigenvalue weighted by molar-refractivity contribution is -0.151. The van der Waals surface area contributed by atoms with Gasteiger partial charge in [-0.3, -0.25) is 9.59 Å². The van der Waals surface area contributed by atoms with E-state index < -0.39 is 0 Å². The molecule has 1 aliphatic rings. The predicted octanol–water partition coefficient (Wildman–Crippen LogP) is 4.11. The van der Waals surface area contributed by atoms with Crippen LogP contribution in [-0.2, 0) is 14.3 Å². The van der Waals surface area contributed by atoms with Gasteiger partial charge in [0.25, 0.3) is 0 Å². The van der Waals surface area contributed by atoms with Gasteiger partial charge in [-0.05, 0) is 62.1 Å². The smallest absolute Gasteiger partial charge is 0.309 e. The summed E-state index contributed by atoms with van der Waals surface area (Å²) in [4.78, 5) is 31.6. The molecule has 0 aliphatic carbocycles. The number of hydrogen-bond acceptors (Lipinski definition) is 4. The second-order valence-corrected chi connectivity index (χ2v) is 8.33. The van der Waals surface area contributed by atoms with Crippen LogP contribution in [0.5, 0.6) is 0 Å². The Morgan fingerprint density at radius 3 is 2.72 bits per heavy atom. The lowest BCUT2D eigenvalue weighted by Crippen LogP contribution is -2.41. The van der Waals surface area contributed by atoms with Gasteiger partial charge in [-0.15, -0.1) is 0 Å². The van der Waals surface area contributed by atoms with Crippen molar-refractivity contribution in [3.63, 3.8) is 0 Å². The van der Waals surface area contributed by atoms with Crippen molar-refractivity contribution in [1.29, 1.82) is 0 Å². The predicted molar refractivity (Wildman–Crippen MR) is 119 cm³/mol. The number of halogens is 1. The van der Waals surface area contributed by atoms with Gasteiger partial charge >= 0.3 is 5.97 Å². The molecular weight excluding hydrogens is 409 g/mol. The Bertz CT molecular complexity index is 1120. The molecule has 0 spiro atoms. The van der Waals surface area contributed by atoms with Gasteiger partial charge in [0.1, 0.15) is 11.5 Å². The van der Waals surface area contributed by atoms with E-state index in [1.54, 1.807) is 24.1 Å². The molecule has 0 saturated carbocycles. The van der Waals surface area contributed by atoms with Gasteiger partial charge in [-0.1, -0.05) is 12.1 Å². The standard InChI is InChI=1S/C25H28FN3O3/c1-3-32-25(31)18-8-10-28(11-9-18)24(30)15-21(19-5-4-6-20(26)14-19)22-16-27-23-13-17(2)7-12-29(22)23/h4-7,12-14,16,18,21H,3,8-11,15H2,1-2H3. The Morgan fingerprint density at radius 1 is 1.22 bits per heavy atom. The summed E-state index contributed by atoms with van der Waals surface area (Å²) < 4.78 is 21.1. The van der Waals surface area contributed by atoms with E-state index in [2.05, 4.69) is 4.98 Å². The third-order valence-corrected chi connectivity index (χ3v) is 6.15. The monoisotopic (exact) mass is 437 g/mol. The maximum absolute atomic E-state index is 14.0. The minimum absolute atomic E-state index is 0.0105. The lowest BCUT2D eigenvalue weighted by Gasteiger charge is -2.32. The number of aromatic nitrogens is 2. The number of aryl methyl sites for hydroxylation is 1. The van der Waals surface area contributed by atoms with Gasteiger partial charge in [-0.25, -0.2) is 9.37 Å². The van der Waals surface area contributed by atoms with Crippen LogP contribution in [0.4, 0.5) is 4.39 Å². The van der Waals surface area contributed by atoms with Crippen LogP contribution in [0.25, 0.3) is 5.65 Å². The summed E-state index contributed by atoms with van der Waals surface area (Å²) in [6.45, 7) is 5.20. The first-order valence-corrected chi connectivity index (χ1v) is 11.1. The van der Waals surface area contributed by atoms with E-state index in [0.717, 1.165) is 22.5 Å². The third kappa shape index (κ3) is 4.66. The first kappa shape index (κ1) is 22.0. The number of carbonyl (C=O) groups excluding carboxylic acids is 2. The minimum atomic E-state index is -0.335. The van der Waals surface area contributed by atoms with Crippen molar-refractivity contribution in [2.24, 2.45) is 5.92 Å². The number of fused-ring (bicyclic) bond motifs is 1. The highest BCUT2D eigenvalue weighted by Gasteiger charge is 2.30. The number of carbonyl (C=O) groups is 2. The summed E-state index contributed by atoms with van der Waals surface area (Å²) in [6.07, 6.45) is 5.11. The van der Waals surface area contributed by atoms with Crippen LogP contribution >= 0.6 is 0 Å². The highest BCUT2D eigenvalue weighted by Crippen LogP contribution is 2.31. The number of rotatable bonds is 6. The molecule has 2 aromatic heterocycles. The zero-order valence-corrected chi connectivity index (χ0v) is 18.5. The second-order valence-electron chi connectivity index (χ2n) is 8.33. The van der Waals surface area contributed by atoms with Crippen molar-refractivity contribution in [2.75, 3.05) is 19.7 Å². The average Bonchev–Trinajstić information content (AvgIpc) is 3.20. The van der Waals surface area contributed by atoms with Crippen molar-refractivity contribution in [1.82, 2.24) is 14.3 Å². The van der Waals surface area contributed by atoms with E-state index in [1.165, 1.54) is 12.1 Å². The molecule has 0 bridgehead atoms. The van der Waals surface area contributed by atoms with Crippen LogP contribution in [0.15, 0.2) is 48.8 Å². The fraction of sp³-hybridized carbons (Fsp3) is 0.400. The number of pyridine rings is 1. The normalized spacial score (nSPS) is 15.7. The van der Waals surface area contributed by atoms with Gasteiger partial charge < -0.3 is 14.0 Å². The van der Waals surface area contributed by atoms with Gasteiger partial charge in [0, 0.05) is 37.8 Å². The van der Waals surface area contributed by atoms with Gasteiger partial charge in [0.05, 0.1) is 18.2 Å². The summed E-state index contributed by atoms with van der Waals surface area (Å²) in [5.41, 5.74) is 3.48. The number of esters is 1. The Hall–Kier alpha value is -3.22. The first-order valence-electron chi connectivity index (χ1n) is 11.1. The van der Waals surface area contributed by atoms with Gasteiger partial charge in [0.15, 0.2) is 0 Å². The van der Waals surface area contributed by atoms with E-state index in [-0.39, 0.29) is 36.0 Å². The fourth-order valence-electron chi connectivity index (χ4n) is 4.40. The van der Waals surface area contributed by atoms with E-state index in [0.29, 0.717) is 32.5 Å². The molecule has 1 aromatic carbocycles. The van der Waals surface area contributed by atoms with Crippen molar-refractivity contribution in [2.45, 2.75) is 39.0 Å². The van der Waals surface area contributed by atoms with Crippen LogP contribution in [0.3, 0.4) is 0 Å². The molecular formula is C25H28FN3O3. The maximum atomic E-state index is 14.0. The number of ether oxygens (including phenoxy) is 1. The summed E-state index contributed by atoms with van der Waals surface area (Å²) in [5.74, 6) is -1.01. The number of benzene rings is 1. The number of nitrogens with zero attached hydrogens (tertiary/aromatic N) is 3. The molecule has 32 heavy (non-hydrogen) atoms. The average molecular weight is 438 g/mol. The zero-order chi connectivity index (χ0) is 22.7. The molecule has 1 amide bonds. The number of likely N-dealkylation sites (tertiary alicyclic amines) is 1. The molecule has 7 heteroatoms. The van der Waals surface area contributed by atoms with Crippen LogP contribution in [-0.4, -0.2) is 45.9 Å². The first-order chi connectivity index (χ1) is 15.5. The molecule has 1 atom stereocenters. The fourth-order valence-corrected chi connectivity index (χ4v) is 4.40. The molecule has 1 unspecified atom stereocenters. The van der Waals surface area contributed by atoms with E-state index in [1.807, 2.05) is 35.7 Å². The van der Waals surface area contributed by atoms with Gasteiger partial charge in [-0.2, -0.15) is 0 Å². The minimum Gasteiger partial charge on any atom is -0.466 e. The van der Waals surface area contributed by atoms with E-state index >= 15 is 0 Å². The molecule has 6 nitrogen and oxygen atoms in total. The van der Waals surface area contributed by atoms with Crippen LogP contribution < -0.4 is 0 Å². The maximum Gasteiger partial charge on any atom is 0.309 e. The lowest BCUT2D eigenvalue weighted by atomic mass is 9.91. The highest BCUT2D eigenvalue weighted by atomic mass is 19.1. The summed E-state index contributed by atoms with van der Waals surface area (Å²) >= 11 is 0. The Balaban J connectivity index is 1.56. The van der Waals surface area contributed by atoms with Crippen LogP contribution in [0.1, 0.15) is 48.9 Å². The van der Waals surface area contributed by atoms with Crippen LogP contribution in [0.2, 0.25) is 0 Å². The number of amides is 1. The number of hydrogen-bond donors (Lipinski definition) is 0. The Kier molecular flexibility index (Phi) is 6.53.